The summed E-state index contributed by atoms with van der Waals surface area (Å²) in [6, 6.07) is 0. The van der Waals surface area contributed by atoms with Crippen LogP contribution in [-0.2, 0) is 4.79 Å². The van der Waals surface area contributed by atoms with Crippen LogP contribution in [0.25, 0.3) is 0 Å². The third-order valence-electron chi connectivity index (χ3n) is 1.24. The van der Waals surface area contributed by atoms with Crippen molar-refractivity contribution in [3.63, 3.8) is 0 Å². The van der Waals surface area contributed by atoms with E-state index in [9.17, 15) is 4.79 Å². The molecule has 2 N–H and O–H groups in total. The zero-order valence-electron chi connectivity index (χ0n) is 5.50. The van der Waals surface area contributed by atoms with Crippen molar-refractivity contribution >= 4 is 22.8 Å². The molecule has 10 heavy (non-hydrogen) atoms. The van der Waals surface area contributed by atoms with E-state index in [0.29, 0.717) is 5.17 Å². The van der Waals surface area contributed by atoms with E-state index in [-0.39, 0.29) is 11.2 Å². The number of hydrogen-bond donors (Lipinski definition) is 2. The highest BCUT2D eigenvalue weighted by molar-refractivity contribution is 8.15. The molecule has 1 aliphatic heterocycles. The molecule has 5 heteroatoms. The minimum atomic E-state index is -0.0779. The number of amides is 1. The van der Waals surface area contributed by atoms with Crippen molar-refractivity contribution < 1.29 is 10.0 Å². The number of carbonyl (C=O) groups excluding carboxylic acids is 1. The Bertz CT molecular complexity index is 180. The Labute approximate surface area is 62.7 Å². The summed E-state index contributed by atoms with van der Waals surface area (Å²) < 4.78 is 0. The van der Waals surface area contributed by atoms with Crippen LogP contribution in [0.3, 0.4) is 0 Å². The standard InChI is InChI=1S/C5H8N2O2S/c1-2-3-4(8)6-5(7-9)10-3/h3,9H,2H2,1H3,(H,6,7,8). The van der Waals surface area contributed by atoms with Gasteiger partial charge in [-0.3, -0.25) is 4.79 Å². The number of hydrogen-bond acceptors (Lipinski definition) is 4. The Morgan fingerprint density at radius 2 is 2.60 bits per heavy atom. The summed E-state index contributed by atoms with van der Waals surface area (Å²) in [5.41, 5.74) is 0. The molecule has 0 radical (unpaired) electrons. The van der Waals surface area contributed by atoms with E-state index < -0.39 is 0 Å². The van der Waals surface area contributed by atoms with Crippen molar-refractivity contribution in [3.05, 3.63) is 0 Å². The van der Waals surface area contributed by atoms with Crippen LogP contribution in [0.15, 0.2) is 5.16 Å². The van der Waals surface area contributed by atoms with Gasteiger partial charge in [0.2, 0.25) is 11.1 Å². The van der Waals surface area contributed by atoms with Crippen LogP contribution in [0.5, 0.6) is 0 Å². The quantitative estimate of drug-likeness (QED) is 0.430. The van der Waals surface area contributed by atoms with Gasteiger partial charge in [0, 0.05) is 0 Å². The smallest absolute Gasteiger partial charge is 0.239 e. The average Bonchev–Trinajstić information content (AvgIpc) is 2.30. The molecule has 0 aromatic heterocycles. The SMILES string of the molecule is CCC1SC(=NO)NC1=O. The zero-order valence-corrected chi connectivity index (χ0v) is 6.31. The van der Waals surface area contributed by atoms with Crippen molar-refractivity contribution in [1.82, 2.24) is 5.32 Å². The highest BCUT2D eigenvalue weighted by Crippen LogP contribution is 2.20. The molecule has 4 nitrogen and oxygen atoms in total. The maximum absolute atomic E-state index is 10.9. The lowest BCUT2D eigenvalue weighted by Crippen LogP contribution is -2.24. The van der Waals surface area contributed by atoms with Gasteiger partial charge >= 0.3 is 0 Å². The van der Waals surface area contributed by atoms with Crippen molar-refractivity contribution in [2.24, 2.45) is 5.16 Å². The fraction of sp³-hybridized carbons (Fsp3) is 0.600. The fourth-order valence-corrected chi connectivity index (χ4v) is 1.53. The first-order valence-electron chi connectivity index (χ1n) is 2.97. The molecule has 1 heterocycles. The molecule has 1 saturated heterocycles. The maximum Gasteiger partial charge on any atom is 0.239 e. The third kappa shape index (κ3) is 1.23. The molecule has 1 aliphatic rings. The number of oxime groups is 1. The number of nitrogens with zero attached hydrogens (tertiary/aromatic N) is 1. The number of amidine groups is 1. The topological polar surface area (TPSA) is 61.7 Å². The van der Waals surface area contributed by atoms with Gasteiger partial charge in [0.05, 0.1) is 5.25 Å². The predicted octanol–water partition coefficient (Wildman–Crippen LogP) is 0.373. The largest absolute Gasteiger partial charge is 0.409 e. The highest BCUT2D eigenvalue weighted by Gasteiger charge is 2.28. The van der Waals surface area contributed by atoms with Crippen molar-refractivity contribution in [1.29, 1.82) is 0 Å². The van der Waals surface area contributed by atoms with Gasteiger partial charge in [-0.15, -0.1) is 0 Å². The Morgan fingerprint density at radius 3 is 2.90 bits per heavy atom. The van der Waals surface area contributed by atoms with E-state index in [1.165, 1.54) is 11.8 Å². The number of rotatable bonds is 1. The Hall–Kier alpha value is -0.710. The van der Waals surface area contributed by atoms with Gasteiger partial charge in [0.15, 0.2) is 0 Å². The first-order valence-corrected chi connectivity index (χ1v) is 3.85. The number of thioether (sulfide) groups is 1. The van der Waals surface area contributed by atoms with E-state index in [0.717, 1.165) is 6.42 Å². The molecule has 0 spiro atoms. The number of nitrogens with one attached hydrogen (secondary N) is 1. The van der Waals surface area contributed by atoms with E-state index >= 15 is 0 Å². The molecule has 1 unspecified atom stereocenters. The van der Waals surface area contributed by atoms with Crippen molar-refractivity contribution in [3.8, 4) is 0 Å². The second-order valence-corrected chi connectivity index (χ2v) is 3.10. The maximum atomic E-state index is 10.9. The Balaban J connectivity index is 2.61. The van der Waals surface area contributed by atoms with Gasteiger partial charge in [0.1, 0.15) is 0 Å². The van der Waals surface area contributed by atoms with Gasteiger partial charge in [-0.2, -0.15) is 0 Å². The monoisotopic (exact) mass is 160 g/mol. The summed E-state index contributed by atoms with van der Waals surface area (Å²) in [5.74, 6) is -0.0692. The van der Waals surface area contributed by atoms with Gasteiger partial charge in [-0.25, -0.2) is 0 Å². The molecule has 1 amide bonds. The van der Waals surface area contributed by atoms with Crippen molar-refractivity contribution in [2.45, 2.75) is 18.6 Å². The highest BCUT2D eigenvalue weighted by atomic mass is 32.2. The van der Waals surface area contributed by atoms with Crippen molar-refractivity contribution in [2.75, 3.05) is 0 Å². The van der Waals surface area contributed by atoms with E-state index in [1.54, 1.807) is 0 Å². The van der Waals surface area contributed by atoms with Crippen LogP contribution in [0.1, 0.15) is 13.3 Å². The predicted molar refractivity (Wildman–Crippen MR) is 39.0 cm³/mol. The summed E-state index contributed by atoms with van der Waals surface area (Å²) in [4.78, 5) is 10.9. The normalized spacial score (nSPS) is 29.1. The first-order chi connectivity index (χ1) is 4.77. The van der Waals surface area contributed by atoms with Crippen LogP contribution in [0, 0.1) is 0 Å². The summed E-state index contributed by atoms with van der Waals surface area (Å²) in [7, 11) is 0. The summed E-state index contributed by atoms with van der Waals surface area (Å²) in [6.45, 7) is 1.91. The summed E-state index contributed by atoms with van der Waals surface area (Å²) >= 11 is 1.26. The lowest BCUT2D eigenvalue weighted by Gasteiger charge is -1.95. The van der Waals surface area contributed by atoms with Gasteiger partial charge < -0.3 is 10.5 Å². The third-order valence-corrected chi connectivity index (χ3v) is 2.48. The van der Waals surface area contributed by atoms with E-state index in [2.05, 4.69) is 10.5 Å². The van der Waals surface area contributed by atoms with Gasteiger partial charge in [-0.05, 0) is 6.42 Å². The Kier molecular flexibility index (Phi) is 2.16. The minimum Gasteiger partial charge on any atom is -0.409 e. The average molecular weight is 160 g/mol. The zero-order chi connectivity index (χ0) is 7.56. The molecule has 0 saturated carbocycles. The van der Waals surface area contributed by atoms with Crippen LogP contribution in [0.4, 0.5) is 0 Å². The minimum absolute atomic E-state index is 0.0692. The lowest BCUT2D eigenvalue weighted by atomic mass is 10.3. The summed E-state index contributed by atoms with van der Waals surface area (Å²) in [5, 5.41) is 13.8. The second-order valence-electron chi connectivity index (χ2n) is 1.91. The molecule has 0 aliphatic carbocycles. The molecular weight excluding hydrogens is 152 g/mol. The van der Waals surface area contributed by atoms with Crippen LogP contribution >= 0.6 is 11.8 Å². The van der Waals surface area contributed by atoms with Crippen LogP contribution in [0.2, 0.25) is 0 Å². The second kappa shape index (κ2) is 2.92. The van der Waals surface area contributed by atoms with E-state index in [4.69, 9.17) is 5.21 Å². The number of carbonyl (C=O) groups is 1. The molecule has 0 aromatic carbocycles. The van der Waals surface area contributed by atoms with Crippen LogP contribution in [-0.4, -0.2) is 21.5 Å². The lowest BCUT2D eigenvalue weighted by molar-refractivity contribution is -0.118. The molecule has 1 rings (SSSR count). The van der Waals surface area contributed by atoms with Gasteiger partial charge in [0.25, 0.3) is 0 Å². The summed E-state index contributed by atoms with van der Waals surface area (Å²) in [6.07, 6.45) is 0.759. The van der Waals surface area contributed by atoms with Crippen LogP contribution < -0.4 is 5.32 Å². The Morgan fingerprint density at radius 1 is 1.90 bits per heavy atom. The molecule has 0 aromatic rings. The molecule has 0 bridgehead atoms. The molecule has 1 atom stereocenters. The molecule has 1 fully saturated rings. The molecule has 56 valence electrons. The first kappa shape index (κ1) is 7.40. The molecular formula is C5H8N2O2S. The fourth-order valence-electron chi connectivity index (χ4n) is 0.721. The van der Waals surface area contributed by atoms with Gasteiger partial charge in [-0.1, -0.05) is 23.8 Å². The van der Waals surface area contributed by atoms with E-state index in [1.807, 2.05) is 6.92 Å².